The number of aryl methyl sites for hydroxylation is 2. The number of imidazole rings is 1. The van der Waals surface area contributed by atoms with Crippen molar-refractivity contribution >= 4 is 22.5 Å². The molecule has 2 N–H and O–H groups in total. The summed E-state index contributed by atoms with van der Waals surface area (Å²) in [5.74, 6) is -0.434. The van der Waals surface area contributed by atoms with E-state index in [-0.39, 0.29) is 23.8 Å². The van der Waals surface area contributed by atoms with Gasteiger partial charge >= 0.3 is 0 Å². The molecule has 0 unspecified atom stereocenters. The van der Waals surface area contributed by atoms with E-state index in [0.29, 0.717) is 12.1 Å². The Morgan fingerprint density at radius 2 is 2.00 bits per heavy atom. The lowest BCUT2D eigenvalue weighted by Crippen LogP contribution is -2.24. The third-order valence-corrected chi connectivity index (χ3v) is 5.54. The van der Waals surface area contributed by atoms with Crippen LogP contribution in [0, 0.1) is 13.8 Å². The zero-order chi connectivity index (χ0) is 19.4. The average molecular weight is 372 g/mol. The van der Waals surface area contributed by atoms with Crippen LogP contribution in [-0.2, 0) is 11.3 Å². The number of rotatable bonds is 1. The van der Waals surface area contributed by atoms with Gasteiger partial charge in [-0.1, -0.05) is 24.3 Å². The van der Waals surface area contributed by atoms with E-state index in [1.165, 1.54) is 0 Å². The number of pyridine rings is 2. The lowest BCUT2D eigenvalue weighted by atomic mass is 9.91. The van der Waals surface area contributed by atoms with Crippen molar-refractivity contribution in [2.45, 2.75) is 32.7 Å². The average Bonchev–Trinajstić information content (AvgIpc) is 2.93. The van der Waals surface area contributed by atoms with Crippen LogP contribution in [0.2, 0.25) is 0 Å². The summed E-state index contributed by atoms with van der Waals surface area (Å²) in [4.78, 5) is 33.2. The maximum Gasteiger partial charge on any atom is 0.252 e. The lowest BCUT2D eigenvalue weighted by Gasteiger charge is -2.16. The number of carbonyl (C=O) groups excluding carboxylic acids is 1. The highest BCUT2D eigenvalue weighted by Gasteiger charge is 2.30. The Bertz CT molecular complexity index is 1320. The maximum atomic E-state index is 13.0. The normalized spacial score (nSPS) is 16.8. The molecule has 5 rings (SSSR count). The predicted molar refractivity (Wildman–Crippen MR) is 108 cm³/mol. The van der Waals surface area contributed by atoms with Gasteiger partial charge in [-0.15, -0.1) is 0 Å². The smallest absolute Gasteiger partial charge is 0.252 e. The first-order valence-corrected chi connectivity index (χ1v) is 9.38. The van der Waals surface area contributed by atoms with Gasteiger partial charge in [0, 0.05) is 24.1 Å². The largest absolute Gasteiger partial charge is 0.350 e. The molecule has 140 valence electrons. The van der Waals surface area contributed by atoms with Crippen molar-refractivity contribution in [3.63, 3.8) is 0 Å². The number of para-hydroxylation sites is 1. The van der Waals surface area contributed by atoms with Crippen LogP contribution in [0.15, 0.2) is 47.4 Å². The molecule has 0 spiro atoms. The number of H-pyrrole nitrogens is 1. The fraction of sp³-hybridized carbons (Fsp3) is 0.227. The fourth-order valence-electron chi connectivity index (χ4n) is 4.17. The number of hydrogen-bond donors (Lipinski definition) is 2. The van der Waals surface area contributed by atoms with Gasteiger partial charge in [0.25, 0.3) is 5.56 Å². The highest BCUT2D eigenvalue weighted by Crippen LogP contribution is 2.33. The first-order chi connectivity index (χ1) is 13.5. The van der Waals surface area contributed by atoms with E-state index in [9.17, 15) is 9.59 Å². The molecular weight excluding hydrogens is 352 g/mol. The van der Waals surface area contributed by atoms with E-state index in [0.717, 1.165) is 39.1 Å². The Hall–Kier alpha value is -3.41. The highest BCUT2D eigenvalue weighted by atomic mass is 16.1. The minimum absolute atomic E-state index is 0.0758. The minimum atomic E-state index is -0.358. The minimum Gasteiger partial charge on any atom is -0.350 e. The SMILES string of the molecule is Cc1ccc2nc3c(n2c1)[C@H](c1cc2cccc(C)c2[nH]c1=O)CC(=O)NC3. The van der Waals surface area contributed by atoms with E-state index in [4.69, 9.17) is 4.98 Å². The van der Waals surface area contributed by atoms with Gasteiger partial charge in [-0.3, -0.25) is 9.59 Å². The van der Waals surface area contributed by atoms with Crippen LogP contribution in [0.5, 0.6) is 0 Å². The molecular formula is C22H20N4O2. The van der Waals surface area contributed by atoms with Gasteiger partial charge in [0.1, 0.15) is 5.65 Å². The van der Waals surface area contributed by atoms with E-state index in [2.05, 4.69) is 10.3 Å². The Morgan fingerprint density at radius 3 is 2.86 bits per heavy atom. The zero-order valence-electron chi connectivity index (χ0n) is 15.7. The molecule has 28 heavy (non-hydrogen) atoms. The van der Waals surface area contributed by atoms with E-state index < -0.39 is 0 Å². The predicted octanol–water partition coefficient (Wildman–Crippen LogP) is 2.94. The van der Waals surface area contributed by atoms with Crippen molar-refractivity contribution in [1.82, 2.24) is 19.7 Å². The van der Waals surface area contributed by atoms with E-state index in [1.54, 1.807) is 0 Å². The second-order valence-corrected chi connectivity index (χ2v) is 7.50. The summed E-state index contributed by atoms with van der Waals surface area (Å²) in [7, 11) is 0. The van der Waals surface area contributed by atoms with Gasteiger partial charge in [-0.2, -0.15) is 0 Å². The number of aromatic amines is 1. The first-order valence-electron chi connectivity index (χ1n) is 9.38. The molecule has 0 radical (unpaired) electrons. The van der Waals surface area contributed by atoms with Crippen LogP contribution in [0.25, 0.3) is 16.6 Å². The Kier molecular flexibility index (Phi) is 3.62. The maximum absolute atomic E-state index is 13.0. The van der Waals surface area contributed by atoms with Crippen LogP contribution in [0.3, 0.4) is 0 Å². The number of aromatic nitrogens is 3. The van der Waals surface area contributed by atoms with Crippen LogP contribution in [0.1, 0.15) is 40.4 Å². The topological polar surface area (TPSA) is 79.3 Å². The highest BCUT2D eigenvalue weighted by molar-refractivity contribution is 5.83. The number of benzene rings is 1. The zero-order valence-corrected chi connectivity index (χ0v) is 15.7. The molecule has 0 aliphatic carbocycles. The molecule has 0 bridgehead atoms. The van der Waals surface area contributed by atoms with Crippen molar-refractivity contribution in [3.05, 3.63) is 81.0 Å². The molecule has 0 fully saturated rings. The monoisotopic (exact) mass is 372 g/mol. The summed E-state index contributed by atoms with van der Waals surface area (Å²) in [6.45, 7) is 4.37. The van der Waals surface area contributed by atoms with Crippen molar-refractivity contribution in [1.29, 1.82) is 0 Å². The molecule has 1 aliphatic heterocycles. The van der Waals surface area contributed by atoms with Crippen LogP contribution < -0.4 is 10.9 Å². The standard InChI is InChI=1S/C22H20N4O2/c1-12-6-7-18-24-17-10-23-19(27)9-15(21(17)26(18)11-12)16-8-14-5-3-4-13(2)20(14)25-22(16)28/h3-8,11,15H,9-10H2,1-2H3,(H,23,27)(H,25,28)/t15-/m0/s1. The number of carbonyl (C=O) groups is 1. The second-order valence-electron chi connectivity index (χ2n) is 7.50. The first kappa shape index (κ1) is 16.7. The van der Waals surface area contributed by atoms with Gasteiger partial charge in [0.2, 0.25) is 5.91 Å². The quantitative estimate of drug-likeness (QED) is 0.539. The Balaban J connectivity index is 1.80. The molecule has 1 atom stereocenters. The molecule has 6 nitrogen and oxygen atoms in total. The number of nitrogens with one attached hydrogen (secondary N) is 2. The van der Waals surface area contributed by atoms with Gasteiger partial charge < -0.3 is 14.7 Å². The second kappa shape index (κ2) is 6.05. The van der Waals surface area contributed by atoms with Crippen molar-refractivity contribution in [2.24, 2.45) is 0 Å². The van der Waals surface area contributed by atoms with Crippen molar-refractivity contribution < 1.29 is 4.79 Å². The van der Waals surface area contributed by atoms with Gasteiger partial charge in [0.05, 0.1) is 23.4 Å². The summed E-state index contributed by atoms with van der Waals surface area (Å²) in [5, 5.41) is 3.88. The van der Waals surface area contributed by atoms with E-state index in [1.807, 2.05) is 60.8 Å². The molecule has 4 aromatic rings. The van der Waals surface area contributed by atoms with Crippen LogP contribution in [-0.4, -0.2) is 20.3 Å². The van der Waals surface area contributed by atoms with E-state index >= 15 is 0 Å². The molecule has 4 heterocycles. The summed E-state index contributed by atoms with van der Waals surface area (Å²) >= 11 is 0. The number of nitrogens with zero attached hydrogens (tertiary/aromatic N) is 2. The molecule has 1 aromatic carbocycles. The Morgan fingerprint density at radius 1 is 1.14 bits per heavy atom. The molecule has 0 saturated carbocycles. The third-order valence-electron chi connectivity index (χ3n) is 5.54. The van der Waals surface area contributed by atoms with Gasteiger partial charge in [0.15, 0.2) is 0 Å². The summed E-state index contributed by atoms with van der Waals surface area (Å²) in [6, 6.07) is 11.8. The van der Waals surface area contributed by atoms with Gasteiger partial charge in [-0.05, 0) is 42.5 Å². The lowest BCUT2D eigenvalue weighted by molar-refractivity contribution is -0.121. The number of fused-ring (bicyclic) bond motifs is 4. The summed E-state index contributed by atoms with van der Waals surface area (Å²) < 4.78 is 2.02. The van der Waals surface area contributed by atoms with Gasteiger partial charge in [-0.25, -0.2) is 4.98 Å². The summed E-state index contributed by atoms with van der Waals surface area (Å²) in [5.41, 5.74) is 5.94. The molecule has 6 heteroatoms. The molecule has 1 aliphatic rings. The summed E-state index contributed by atoms with van der Waals surface area (Å²) in [6.07, 6.45) is 2.23. The molecule has 1 amide bonds. The van der Waals surface area contributed by atoms with Crippen LogP contribution >= 0.6 is 0 Å². The molecule has 3 aromatic heterocycles. The molecule has 0 saturated heterocycles. The number of hydrogen-bond acceptors (Lipinski definition) is 3. The number of amides is 1. The van der Waals surface area contributed by atoms with Crippen LogP contribution in [0.4, 0.5) is 0 Å². The third kappa shape index (κ3) is 2.52. The Labute approximate surface area is 161 Å². The van der Waals surface area contributed by atoms with Crippen molar-refractivity contribution in [2.75, 3.05) is 0 Å². The fourth-order valence-corrected chi connectivity index (χ4v) is 4.17. The van der Waals surface area contributed by atoms with Crippen molar-refractivity contribution in [3.8, 4) is 0 Å².